The molecule has 0 saturated carbocycles. The van der Waals surface area contributed by atoms with Gasteiger partial charge in [0, 0.05) is 11.3 Å². The summed E-state index contributed by atoms with van der Waals surface area (Å²) in [7, 11) is 0. The van der Waals surface area contributed by atoms with Crippen molar-refractivity contribution in [1.29, 1.82) is 0 Å². The van der Waals surface area contributed by atoms with Crippen molar-refractivity contribution >= 4 is 11.6 Å². The zero-order valence-electron chi connectivity index (χ0n) is 16.3. The molecule has 29 heavy (non-hydrogen) atoms. The van der Waals surface area contributed by atoms with Gasteiger partial charge in [0.15, 0.2) is 5.75 Å². The number of amides is 1. The van der Waals surface area contributed by atoms with E-state index in [1.807, 2.05) is 91.3 Å². The van der Waals surface area contributed by atoms with E-state index in [0.29, 0.717) is 22.7 Å². The van der Waals surface area contributed by atoms with Gasteiger partial charge in [-0.15, -0.1) is 0 Å². The van der Waals surface area contributed by atoms with E-state index in [2.05, 4.69) is 10.4 Å². The van der Waals surface area contributed by atoms with Crippen LogP contribution in [0.1, 0.15) is 21.7 Å². The Hall–Kier alpha value is -3.86. The molecule has 0 unspecified atom stereocenters. The van der Waals surface area contributed by atoms with Gasteiger partial charge in [-0.3, -0.25) is 4.79 Å². The summed E-state index contributed by atoms with van der Waals surface area (Å²) in [4.78, 5) is 12.7. The first-order chi connectivity index (χ1) is 14.1. The van der Waals surface area contributed by atoms with E-state index in [-0.39, 0.29) is 5.91 Å². The second kappa shape index (κ2) is 8.02. The minimum Gasteiger partial charge on any atom is -0.455 e. The SMILES string of the molecule is Cc1cc(C)n(-c2ccc(C(=O)Nc3ccccc3Oc3ccccc3)cc2)n1. The Morgan fingerprint density at radius 1 is 0.897 bits per heavy atom. The number of carbonyl (C=O) groups is 1. The van der Waals surface area contributed by atoms with Crippen molar-refractivity contribution in [3.63, 3.8) is 0 Å². The minimum atomic E-state index is -0.200. The van der Waals surface area contributed by atoms with Crippen molar-refractivity contribution in [3.8, 4) is 17.2 Å². The topological polar surface area (TPSA) is 56.2 Å². The molecule has 4 rings (SSSR count). The Morgan fingerprint density at radius 3 is 2.28 bits per heavy atom. The Morgan fingerprint density at radius 2 is 1.59 bits per heavy atom. The maximum absolute atomic E-state index is 12.7. The molecule has 5 nitrogen and oxygen atoms in total. The average Bonchev–Trinajstić information content (AvgIpc) is 3.08. The first kappa shape index (κ1) is 18.5. The third-order valence-electron chi connectivity index (χ3n) is 4.49. The lowest BCUT2D eigenvalue weighted by molar-refractivity contribution is 0.102. The van der Waals surface area contributed by atoms with E-state index in [4.69, 9.17) is 4.74 Å². The number of aromatic nitrogens is 2. The van der Waals surface area contributed by atoms with Gasteiger partial charge < -0.3 is 10.1 Å². The highest BCUT2D eigenvalue weighted by Gasteiger charge is 2.11. The lowest BCUT2D eigenvalue weighted by Gasteiger charge is -2.12. The highest BCUT2D eigenvalue weighted by Crippen LogP contribution is 2.29. The summed E-state index contributed by atoms with van der Waals surface area (Å²) < 4.78 is 7.77. The Labute approximate surface area is 169 Å². The van der Waals surface area contributed by atoms with Crippen LogP contribution in [0.5, 0.6) is 11.5 Å². The van der Waals surface area contributed by atoms with E-state index in [9.17, 15) is 4.79 Å². The van der Waals surface area contributed by atoms with E-state index >= 15 is 0 Å². The van der Waals surface area contributed by atoms with Crippen LogP contribution in [0.15, 0.2) is 84.9 Å². The van der Waals surface area contributed by atoms with Crippen LogP contribution in [0, 0.1) is 13.8 Å². The van der Waals surface area contributed by atoms with Gasteiger partial charge in [-0.2, -0.15) is 5.10 Å². The van der Waals surface area contributed by atoms with Gasteiger partial charge in [-0.25, -0.2) is 4.68 Å². The van der Waals surface area contributed by atoms with Gasteiger partial charge >= 0.3 is 0 Å². The minimum absolute atomic E-state index is 0.200. The summed E-state index contributed by atoms with van der Waals surface area (Å²) in [5, 5.41) is 7.41. The van der Waals surface area contributed by atoms with Crippen molar-refractivity contribution in [2.24, 2.45) is 0 Å². The maximum Gasteiger partial charge on any atom is 0.255 e. The molecule has 1 heterocycles. The molecule has 0 aliphatic rings. The third kappa shape index (κ3) is 4.19. The Bertz CT molecular complexity index is 1130. The summed E-state index contributed by atoms with van der Waals surface area (Å²) in [6.45, 7) is 3.96. The number of benzene rings is 3. The predicted octanol–water partition coefficient (Wildman–Crippen LogP) is 5.53. The van der Waals surface area contributed by atoms with Crippen LogP contribution >= 0.6 is 0 Å². The van der Waals surface area contributed by atoms with Crippen molar-refractivity contribution < 1.29 is 9.53 Å². The molecule has 0 spiro atoms. The highest BCUT2D eigenvalue weighted by atomic mass is 16.5. The lowest BCUT2D eigenvalue weighted by Crippen LogP contribution is -2.12. The molecule has 0 fully saturated rings. The summed E-state index contributed by atoms with van der Waals surface area (Å²) in [6, 6.07) is 26.2. The molecule has 1 amide bonds. The van der Waals surface area contributed by atoms with Crippen LogP contribution in [-0.4, -0.2) is 15.7 Å². The van der Waals surface area contributed by atoms with Crippen molar-refractivity contribution in [3.05, 3.63) is 102 Å². The molecule has 0 saturated heterocycles. The zero-order valence-corrected chi connectivity index (χ0v) is 16.3. The molecule has 0 aliphatic heterocycles. The van der Waals surface area contributed by atoms with Crippen LogP contribution < -0.4 is 10.1 Å². The molecule has 3 aromatic carbocycles. The smallest absolute Gasteiger partial charge is 0.255 e. The predicted molar refractivity (Wildman–Crippen MR) is 114 cm³/mol. The van der Waals surface area contributed by atoms with E-state index in [1.165, 1.54) is 0 Å². The number of hydrogen-bond donors (Lipinski definition) is 1. The second-order valence-electron chi connectivity index (χ2n) is 6.75. The third-order valence-corrected chi connectivity index (χ3v) is 4.49. The van der Waals surface area contributed by atoms with Crippen molar-refractivity contribution in [2.75, 3.05) is 5.32 Å². The van der Waals surface area contributed by atoms with E-state index < -0.39 is 0 Å². The number of ether oxygens (including phenoxy) is 1. The summed E-state index contributed by atoms with van der Waals surface area (Å²) in [5.41, 5.74) is 4.10. The summed E-state index contributed by atoms with van der Waals surface area (Å²) in [6.07, 6.45) is 0. The fourth-order valence-electron chi connectivity index (χ4n) is 3.11. The standard InChI is InChI=1S/C24H21N3O2/c1-17-16-18(2)27(26-17)20-14-12-19(13-15-20)24(28)25-22-10-6-7-11-23(22)29-21-8-4-3-5-9-21/h3-16H,1-2H3,(H,25,28). The molecule has 0 aliphatic carbocycles. The van der Waals surface area contributed by atoms with Gasteiger partial charge in [0.05, 0.1) is 17.1 Å². The quantitative estimate of drug-likeness (QED) is 0.493. The molecular weight excluding hydrogens is 362 g/mol. The Kier molecular flexibility index (Phi) is 5.12. The molecule has 0 atom stereocenters. The van der Waals surface area contributed by atoms with Crippen LogP contribution in [0.4, 0.5) is 5.69 Å². The largest absolute Gasteiger partial charge is 0.455 e. The number of para-hydroxylation sites is 3. The van der Waals surface area contributed by atoms with Crippen LogP contribution in [0.3, 0.4) is 0 Å². The normalized spacial score (nSPS) is 10.6. The molecular formula is C24H21N3O2. The number of rotatable bonds is 5. The molecule has 5 heteroatoms. The van der Waals surface area contributed by atoms with Gasteiger partial charge in [-0.1, -0.05) is 30.3 Å². The van der Waals surface area contributed by atoms with Crippen LogP contribution in [0.2, 0.25) is 0 Å². The van der Waals surface area contributed by atoms with Crippen molar-refractivity contribution in [2.45, 2.75) is 13.8 Å². The number of nitrogens with zero attached hydrogens (tertiary/aromatic N) is 2. The fourth-order valence-corrected chi connectivity index (χ4v) is 3.11. The number of carbonyl (C=O) groups excluding carboxylic acids is 1. The van der Waals surface area contributed by atoms with E-state index in [0.717, 1.165) is 17.1 Å². The molecule has 1 aromatic heterocycles. The van der Waals surface area contributed by atoms with Gasteiger partial charge in [0.25, 0.3) is 5.91 Å². The zero-order chi connectivity index (χ0) is 20.2. The molecule has 144 valence electrons. The number of hydrogen-bond acceptors (Lipinski definition) is 3. The van der Waals surface area contributed by atoms with E-state index in [1.54, 1.807) is 12.1 Å². The summed E-state index contributed by atoms with van der Waals surface area (Å²) >= 11 is 0. The fraction of sp³-hybridized carbons (Fsp3) is 0.0833. The van der Waals surface area contributed by atoms with Crippen molar-refractivity contribution in [1.82, 2.24) is 9.78 Å². The first-order valence-electron chi connectivity index (χ1n) is 9.37. The lowest BCUT2D eigenvalue weighted by atomic mass is 10.2. The highest BCUT2D eigenvalue weighted by molar-refractivity contribution is 6.05. The summed E-state index contributed by atoms with van der Waals surface area (Å²) in [5.74, 6) is 1.10. The number of anilines is 1. The Balaban J connectivity index is 1.52. The maximum atomic E-state index is 12.7. The first-order valence-corrected chi connectivity index (χ1v) is 9.37. The van der Waals surface area contributed by atoms with Crippen LogP contribution in [0.25, 0.3) is 5.69 Å². The second-order valence-corrected chi connectivity index (χ2v) is 6.75. The van der Waals surface area contributed by atoms with Crippen LogP contribution in [-0.2, 0) is 0 Å². The van der Waals surface area contributed by atoms with Gasteiger partial charge in [0.2, 0.25) is 0 Å². The van der Waals surface area contributed by atoms with Gasteiger partial charge in [0.1, 0.15) is 5.75 Å². The molecule has 1 N–H and O–H groups in total. The molecule has 0 bridgehead atoms. The number of nitrogens with one attached hydrogen (secondary N) is 1. The molecule has 0 radical (unpaired) electrons. The monoisotopic (exact) mass is 383 g/mol. The number of aryl methyl sites for hydroxylation is 2. The molecule has 4 aromatic rings. The average molecular weight is 383 g/mol. The van der Waals surface area contributed by atoms with Gasteiger partial charge in [-0.05, 0) is 68.4 Å².